The Labute approximate surface area is 148 Å². The molecule has 4 rings (SSSR count). The molecule has 2 aromatic heterocycles. The third-order valence-electron chi connectivity index (χ3n) is 4.51. The number of nitrogens with zero attached hydrogens (tertiary/aromatic N) is 3. The number of carbonyl (C=O) groups excluding carboxylic acids is 1. The Morgan fingerprint density at radius 3 is 2.88 bits per heavy atom. The molecule has 0 saturated carbocycles. The molecule has 2 aliphatic rings. The molecule has 26 heavy (non-hydrogen) atoms. The Morgan fingerprint density at radius 1 is 1.38 bits per heavy atom. The highest BCUT2D eigenvalue weighted by molar-refractivity contribution is 5.66. The van der Waals surface area contributed by atoms with E-state index in [4.69, 9.17) is 24.7 Å². The van der Waals surface area contributed by atoms with Gasteiger partial charge in [-0.25, -0.2) is 9.50 Å². The number of rotatable bonds is 3. The second-order valence-electron chi connectivity index (χ2n) is 6.84. The zero-order valence-corrected chi connectivity index (χ0v) is 14.6. The van der Waals surface area contributed by atoms with Crippen molar-refractivity contribution >= 4 is 17.3 Å². The fraction of sp³-hybridized carbons (Fsp3) is 0.562. The van der Waals surface area contributed by atoms with Crippen LogP contribution in [0.1, 0.15) is 26.5 Å². The van der Waals surface area contributed by atoms with Crippen LogP contribution in [0, 0.1) is 0 Å². The molecule has 0 aromatic carbocycles. The SMILES string of the molecule is CC(=O)OCC1OC(O)(c2ccc3c(N)ncnn23)C2OC(C)(C)OC12. The van der Waals surface area contributed by atoms with E-state index in [1.54, 1.807) is 26.0 Å². The maximum Gasteiger partial charge on any atom is 0.302 e. The maximum atomic E-state index is 11.4. The lowest BCUT2D eigenvalue weighted by molar-refractivity contribution is -0.286. The van der Waals surface area contributed by atoms with Crippen molar-refractivity contribution in [3.05, 3.63) is 24.2 Å². The molecule has 4 atom stereocenters. The van der Waals surface area contributed by atoms with E-state index in [-0.39, 0.29) is 12.4 Å². The van der Waals surface area contributed by atoms with Crippen LogP contribution in [-0.4, -0.2) is 56.4 Å². The quantitative estimate of drug-likeness (QED) is 0.719. The molecule has 4 unspecified atom stereocenters. The summed E-state index contributed by atoms with van der Waals surface area (Å²) in [4.78, 5) is 15.1. The molecule has 2 aromatic rings. The van der Waals surface area contributed by atoms with Gasteiger partial charge in [0, 0.05) is 6.92 Å². The van der Waals surface area contributed by atoms with Crippen LogP contribution < -0.4 is 5.73 Å². The normalized spacial score (nSPS) is 32.7. The number of esters is 1. The van der Waals surface area contributed by atoms with Gasteiger partial charge in [0.05, 0.1) is 0 Å². The first-order valence-corrected chi connectivity index (χ1v) is 8.19. The average Bonchev–Trinajstić information content (AvgIpc) is 3.19. The lowest BCUT2D eigenvalue weighted by Gasteiger charge is -2.29. The molecule has 140 valence electrons. The number of nitrogen functional groups attached to an aromatic ring is 1. The van der Waals surface area contributed by atoms with Gasteiger partial charge in [0.15, 0.2) is 11.6 Å². The number of nitrogens with two attached hydrogens (primary N) is 1. The first kappa shape index (κ1) is 17.2. The van der Waals surface area contributed by atoms with Crippen LogP contribution in [0.5, 0.6) is 0 Å². The molecule has 0 radical (unpaired) electrons. The van der Waals surface area contributed by atoms with Crippen molar-refractivity contribution in [2.24, 2.45) is 0 Å². The lowest BCUT2D eigenvalue weighted by Crippen LogP contribution is -2.41. The average molecular weight is 364 g/mol. The predicted octanol–water partition coefficient (Wildman–Crippen LogP) is -0.0614. The smallest absolute Gasteiger partial charge is 0.302 e. The number of carbonyl (C=O) groups is 1. The molecule has 2 saturated heterocycles. The number of ether oxygens (including phenoxy) is 4. The highest BCUT2D eigenvalue weighted by atomic mass is 16.8. The first-order valence-electron chi connectivity index (χ1n) is 8.19. The Bertz CT molecular complexity index is 868. The third-order valence-corrected chi connectivity index (χ3v) is 4.51. The van der Waals surface area contributed by atoms with E-state index < -0.39 is 35.9 Å². The van der Waals surface area contributed by atoms with Crippen LogP contribution in [0.25, 0.3) is 5.52 Å². The Balaban J connectivity index is 1.76. The fourth-order valence-corrected chi connectivity index (χ4v) is 3.49. The predicted molar refractivity (Wildman–Crippen MR) is 86.6 cm³/mol. The zero-order valence-electron chi connectivity index (χ0n) is 14.6. The van der Waals surface area contributed by atoms with Crippen LogP contribution in [0.2, 0.25) is 0 Å². The van der Waals surface area contributed by atoms with Gasteiger partial charge in [-0.15, -0.1) is 0 Å². The molecular formula is C16H20N4O6. The van der Waals surface area contributed by atoms with Crippen LogP contribution in [-0.2, 0) is 29.5 Å². The molecule has 0 aliphatic carbocycles. The van der Waals surface area contributed by atoms with E-state index in [0.29, 0.717) is 11.2 Å². The summed E-state index contributed by atoms with van der Waals surface area (Å²) < 4.78 is 24.1. The summed E-state index contributed by atoms with van der Waals surface area (Å²) >= 11 is 0. The molecule has 0 amide bonds. The molecule has 10 nitrogen and oxygen atoms in total. The van der Waals surface area contributed by atoms with E-state index in [9.17, 15) is 9.90 Å². The van der Waals surface area contributed by atoms with Crippen LogP contribution in [0.4, 0.5) is 5.82 Å². The summed E-state index contributed by atoms with van der Waals surface area (Å²) in [5.74, 6) is -2.98. The zero-order chi connectivity index (χ0) is 18.7. The number of aliphatic hydroxyl groups is 1. The van der Waals surface area contributed by atoms with Crippen molar-refractivity contribution in [1.82, 2.24) is 14.6 Å². The van der Waals surface area contributed by atoms with Crippen molar-refractivity contribution in [1.29, 1.82) is 0 Å². The summed E-state index contributed by atoms with van der Waals surface area (Å²) in [5, 5.41) is 15.5. The van der Waals surface area contributed by atoms with Gasteiger partial charge in [-0.1, -0.05) is 0 Å². The van der Waals surface area contributed by atoms with E-state index in [2.05, 4.69) is 10.1 Å². The van der Waals surface area contributed by atoms with Gasteiger partial charge in [-0.05, 0) is 26.0 Å². The summed E-state index contributed by atoms with van der Waals surface area (Å²) in [7, 11) is 0. The minimum absolute atomic E-state index is 0.0708. The Morgan fingerprint density at radius 2 is 2.15 bits per heavy atom. The van der Waals surface area contributed by atoms with Gasteiger partial charge < -0.3 is 29.8 Å². The van der Waals surface area contributed by atoms with Gasteiger partial charge in [0.1, 0.15) is 42.5 Å². The third kappa shape index (κ3) is 2.53. The fourth-order valence-electron chi connectivity index (χ4n) is 3.49. The van der Waals surface area contributed by atoms with Gasteiger partial charge in [0.25, 0.3) is 0 Å². The van der Waals surface area contributed by atoms with Gasteiger partial charge in [0.2, 0.25) is 5.79 Å². The minimum Gasteiger partial charge on any atom is -0.463 e. The molecular weight excluding hydrogens is 344 g/mol. The lowest BCUT2D eigenvalue weighted by atomic mass is 10.0. The molecule has 2 fully saturated rings. The van der Waals surface area contributed by atoms with Gasteiger partial charge in [-0.2, -0.15) is 5.10 Å². The van der Waals surface area contributed by atoms with E-state index >= 15 is 0 Å². The minimum atomic E-state index is -1.86. The van der Waals surface area contributed by atoms with E-state index in [1.807, 2.05) is 0 Å². The molecule has 10 heteroatoms. The standard InChI is InChI=1S/C16H20N4O6/c1-8(21)23-6-10-12-13(26-15(2,3)25-12)16(22,24-10)11-5-4-9-14(17)18-7-19-20(9)11/h4-5,7,10,12-13,22H,6H2,1-3H3,(H2,17,18,19). The number of anilines is 1. The molecule has 0 bridgehead atoms. The first-order chi connectivity index (χ1) is 12.2. The van der Waals surface area contributed by atoms with Crippen molar-refractivity contribution in [2.75, 3.05) is 12.3 Å². The van der Waals surface area contributed by atoms with Gasteiger partial charge in [-0.3, -0.25) is 4.79 Å². The number of aromatic nitrogens is 3. The van der Waals surface area contributed by atoms with Crippen molar-refractivity contribution in [3.8, 4) is 0 Å². The second kappa shape index (κ2) is 5.61. The van der Waals surface area contributed by atoms with Crippen LogP contribution >= 0.6 is 0 Å². The molecule has 0 spiro atoms. The van der Waals surface area contributed by atoms with Crippen LogP contribution in [0.15, 0.2) is 18.5 Å². The number of hydrogen-bond acceptors (Lipinski definition) is 9. The van der Waals surface area contributed by atoms with Crippen molar-refractivity contribution < 1.29 is 28.8 Å². The Kier molecular flexibility index (Phi) is 3.70. The maximum absolute atomic E-state index is 11.4. The molecule has 3 N–H and O–H groups in total. The molecule has 4 heterocycles. The van der Waals surface area contributed by atoms with Crippen molar-refractivity contribution in [2.45, 2.75) is 50.7 Å². The summed E-state index contributed by atoms with van der Waals surface area (Å²) in [6, 6.07) is 3.32. The molecule has 2 aliphatic heterocycles. The highest BCUT2D eigenvalue weighted by Gasteiger charge is 2.64. The van der Waals surface area contributed by atoms with E-state index in [0.717, 1.165) is 0 Å². The number of fused-ring (bicyclic) bond motifs is 2. The topological polar surface area (TPSA) is 130 Å². The second-order valence-corrected chi connectivity index (χ2v) is 6.84. The van der Waals surface area contributed by atoms with Crippen molar-refractivity contribution in [3.63, 3.8) is 0 Å². The largest absolute Gasteiger partial charge is 0.463 e. The van der Waals surface area contributed by atoms with Gasteiger partial charge >= 0.3 is 5.97 Å². The Hall–Kier alpha value is -2.27. The highest BCUT2D eigenvalue weighted by Crippen LogP contribution is 2.48. The summed E-state index contributed by atoms with van der Waals surface area (Å²) in [5.41, 5.74) is 6.71. The van der Waals surface area contributed by atoms with Crippen LogP contribution in [0.3, 0.4) is 0 Å². The van der Waals surface area contributed by atoms with E-state index in [1.165, 1.54) is 17.8 Å². The summed E-state index contributed by atoms with van der Waals surface area (Å²) in [6.45, 7) is 4.71. The monoisotopic (exact) mass is 364 g/mol. The number of hydrogen-bond donors (Lipinski definition) is 2. The summed E-state index contributed by atoms with van der Waals surface area (Å²) in [6.07, 6.45) is -0.889.